The number of benzene rings is 7. The van der Waals surface area contributed by atoms with Crippen molar-refractivity contribution in [2.45, 2.75) is 47.0 Å². The topological polar surface area (TPSA) is 50.0 Å². The molecule has 0 radical (unpaired) electrons. The Labute approximate surface area is 378 Å². The van der Waals surface area contributed by atoms with Crippen LogP contribution in [0.1, 0.15) is 55.6 Å². The van der Waals surface area contributed by atoms with Gasteiger partial charge in [-0.05, 0) is 162 Å². The Kier molecular flexibility index (Phi) is 13.0. The van der Waals surface area contributed by atoms with E-state index in [0.717, 1.165) is 79.9 Å². The molecule has 0 spiro atoms. The van der Waals surface area contributed by atoms with Gasteiger partial charge >= 0.3 is 0 Å². The Bertz CT molecular complexity index is 2780. The summed E-state index contributed by atoms with van der Waals surface area (Å²) in [6, 6.07) is 56.7. The average Bonchev–Trinajstić information content (AvgIpc) is 4.27. The van der Waals surface area contributed by atoms with Crippen molar-refractivity contribution in [3.63, 3.8) is 0 Å². The van der Waals surface area contributed by atoms with E-state index in [1.165, 1.54) is 22.3 Å². The van der Waals surface area contributed by atoms with Gasteiger partial charge < -0.3 is 28.7 Å². The van der Waals surface area contributed by atoms with E-state index in [9.17, 15) is 0 Å². The molecule has 2 aliphatic heterocycles. The van der Waals surface area contributed by atoms with Crippen molar-refractivity contribution >= 4 is 58.4 Å². The molecule has 7 aromatic carbocycles. The van der Waals surface area contributed by atoms with E-state index in [1.54, 1.807) is 6.26 Å². The van der Waals surface area contributed by atoms with Crippen molar-refractivity contribution in [2.24, 2.45) is 0 Å². The van der Waals surface area contributed by atoms with Crippen LogP contribution in [0.15, 0.2) is 170 Å². The Morgan fingerprint density at radius 1 is 0.453 bits per heavy atom. The van der Waals surface area contributed by atoms with Crippen molar-refractivity contribution in [1.29, 1.82) is 0 Å². The summed E-state index contributed by atoms with van der Waals surface area (Å²) in [6.45, 7) is 11.7. The van der Waals surface area contributed by atoms with Crippen LogP contribution in [-0.4, -0.2) is 25.9 Å². The van der Waals surface area contributed by atoms with Crippen LogP contribution >= 0.6 is 0 Å². The monoisotopic (exact) mass is 842 g/mol. The molecule has 64 heavy (non-hydrogen) atoms. The molecule has 1 atom stereocenters. The first-order valence-electron chi connectivity index (χ1n) is 22.0. The molecule has 1 unspecified atom stereocenters. The first kappa shape index (κ1) is 42.3. The minimum Gasteiger partial charge on any atom is -0.460 e. The molecular weight excluding hydrogens is 789 g/mol. The van der Waals surface area contributed by atoms with Crippen molar-refractivity contribution in [3.05, 3.63) is 225 Å². The third kappa shape index (κ3) is 11.0. The average molecular weight is 843 g/mol. The lowest BCUT2D eigenvalue weighted by molar-refractivity contribution is 0.104. The SMILES string of the molecule is Cc1ccc(N(c2ccc(C=Cc3cccc(C=Cc4ccc(N(c5ccc(COCC6CO6)cc5)c5ccc(C)c(C)c5)cc4)c3)cc2)c2ccc(COCC3=CO3)cc2)cc1C. The normalized spacial score (nSPS) is 14.1. The fraction of sp³-hybridized carbons (Fsp3) is 0.172. The van der Waals surface area contributed by atoms with Gasteiger partial charge in [0.25, 0.3) is 0 Å². The molecule has 0 saturated carbocycles. The minimum absolute atomic E-state index is 0.266. The summed E-state index contributed by atoms with van der Waals surface area (Å²) in [6.07, 6.45) is 10.7. The minimum atomic E-state index is 0.266. The molecule has 0 aliphatic carbocycles. The lowest BCUT2D eigenvalue weighted by Crippen LogP contribution is -2.10. The van der Waals surface area contributed by atoms with E-state index in [1.807, 2.05) is 0 Å². The van der Waals surface area contributed by atoms with Gasteiger partial charge in [0, 0.05) is 34.1 Å². The molecule has 0 aromatic heterocycles. The summed E-state index contributed by atoms with van der Waals surface area (Å²) < 4.78 is 22.0. The van der Waals surface area contributed by atoms with Crippen LogP contribution in [0.25, 0.3) is 24.3 Å². The highest BCUT2D eigenvalue weighted by Gasteiger charge is 2.22. The Hall–Kier alpha value is -6.96. The first-order valence-corrected chi connectivity index (χ1v) is 22.0. The van der Waals surface area contributed by atoms with Crippen LogP contribution < -0.4 is 9.80 Å². The van der Waals surface area contributed by atoms with E-state index in [2.05, 4.69) is 220 Å². The zero-order chi connectivity index (χ0) is 43.8. The van der Waals surface area contributed by atoms with Gasteiger partial charge in [0.15, 0.2) is 5.76 Å². The molecule has 0 N–H and O–H groups in total. The second kappa shape index (κ2) is 19.6. The molecule has 6 nitrogen and oxygen atoms in total. The second-order valence-electron chi connectivity index (χ2n) is 16.7. The predicted molar refractivity (Wildman–Crippen MR) is 264 cm³/mol. The van der Waals surface area contributed by atoms with Crippen molar-refractivity contribution in [3.8, 4) is 0 Å². The van der Waals surface area contributed by atoms with Crippen molar-refractivity contribution in [1.82, 2.24) is 0 Å². The van der Waals surface area contributed by atoms with E-state index in [0.29, 0.717) is 26.4 Å². The lowest BCUT2D eigenvalue weighted by atomic mass is 10.1. The Morgan fingerprint density at radius 3 is 1.28 bits per heavy atom. The van der Waals surface area contributed by atoms with Gasteiger partial charge in [-0.2, -0.15) is 0 Å². The maximum Gasteiger partial charge on any atom is 0.164 e. The number of epoxide rings is 1. The summed E-state index contributed by atoms with van der Waals surface area (Å²) in [7, 11) is 0. The summed E-state index contributed by atoms with van der Waals surface area (Å²) in [5.41, 5.74) is 18.5. The molecule has 6 heteroatoms. The molecule has 2 aliphatic rings. The van der Waals surface area contributed by atoms with Gasteiger partial charge in [0.05, 0.1) is 26.4 Å². The number of rotatable bonds is 18. The third-order valence-corrected chi connectivity index (χ3v) is 11.8. The maximum absolute atomic E-state index is 5.84. The van der Waals surface area contributed by atoms with Crippen LogP contribution in [0.3, 0.4) is 0 Å². The maximum atomic E-state index is 5.84. The predicted octanol–water partition coefficient (Wildman–Crippen LogP) is 14.5. The zero-order valence-electron chi connectivity index (χ0n) is 37.0. The Morgan fingerprint density at radius 2 is 0.859 bits per heavy atom. The largest absolute Gasteiger partial charge is 0.460 e. The third-order valence-electron chi connectivity index (χ3n) is 11.8. The molecule has 0 bridgehead atoms. The number of hydrogen-bond acceptors (Lipinski definition) is 6. The molecule has 1 fully saturated rings. The molecule has 0 amide bonds. The fourth-order valence-corrected chi connectivity index (χ4v) is 7.58. The number of anilines is 6. The fourth-order valence-electron chi connectivity index (χ4n) is 7.58. The zero-order valence-corrected chi connectivity index (χ0v) is 37.0. The molecule has 1 saturated heterocycles. The van der Waals surface area contributed by atoms with Crippen molar-refractivity contribution < 1.29 is 18.9 Å². The number of nitrogens with zero attached hydrogens (tertiary/aromatic N) is 2. The summed E-state index contributed by atoms with van der Waals surface area (Å²) >= 11 is 0. The van der Waals surface area contributed by atoms with Crippen LogP contribution in [0.5, 0.6) is 0 Å². The lowest BCUT2D eigenvalue weighted by Gasteiger charge is -2.26. The van der Waals surface area contributed by atoms with E-state index < -0.39 is 0 Å². The molecule has 2 heterocycles. The highest BCUT2D eigenvalue weighted by molar-refractivity contribution is 5.81. The van der Waals surface area contributed by atoms with Gasteiger partial charge in [0.1, 0.15) is 19.0 Å². The summed E-state index contributed by atoms with van der Waals surface area (Å²) in [5.74, 6) is 0.897. The molecular formula is C58H54N2O4. The smallest absolute Gasteiger partial charge is 0.164 e. The summed E-state index contributed by atoms with van der Waals surface area (Å²) in [5, 5.41) is 0. The summed E-state index contributed by atoms with van der Waals surface area (Å²) in [4.78, 5) is 4.62. The highest BCUT2D eigenvalue weighted by atomic mass is 16.6. The first-order chi connectivity index (χ1) is 31.3. The quantitative estimate of drug-likeness (QED) is 0.0634. The van der Waals surface area contributed by atoms with Crippen LogP contribution in [-0.2, 0) is 32.2 Å². The van der Waals surface area contributed by atoms with Crippen LogP contribution in [0.4, 0.5) is 34.1 Å². The van der Waals surface area contributed by atoms with E-state index >= 15 is 0 Å². The van der Waals surface area contributed by atoms with E-state index in [-0.39, 0.29) is 6.10 Å². The molecule has 320 valence electrons. The number of aryl methyl sites for hydroxylation is 4. The van der Waals surface area contributed by atoms with Crippen LogP contribution in [0, 0.1) is 27.7 Å². The van der Waals surface area contributed by atoms with E-state index in [4.69, 9.17) is 18.9 Å². The highest BCUT2D eigenvalue weighted by Crippen LogP contribution is 2.38. The molecule has 9 rings (SSSR count). The standard InChI is InChI=1S/C58H54N2O4/c1-41-8-22-55(32-43(41)3)59(53-28-18-49(19-29-53)35-61-37-57-39-63-57)51-24-14-45(15-25-51)10-12-47-6-5-7-48(34-47)13-11-46-16-26-52(27-17-46)60(56-23-9-42(2)44(4)33-56)54-30-20-50(21-31-54)36-62-38-58-40-64-58/h5-34,39,58H,35-38,40H2,1-4H3. The van der Waals surface area contributed by atoms with Gasteiger partial charge in [-0.3, -0.25) is 0 Å². The second-order valence-corrected chi connectivity index (χ2v) is 16.7. The van der Waals surface area contributed by atoms with Gasteiger partial charge in [-0.15, -0.1) is 0 Å². The molecule has 7 aromatic rings. The number of ether oxygens (including phenoxy) is 4. The van der Waals surface area contributed by atoms with Gasteiger partial charge in [0.2, 0.25) is 0 Å². The Balaban J connectivity index is 0.873. The van der Waals surface area contributed by atoms with Gasteiger partial charge in [-0.1, -0.05) is 103 Å². The van der Waals surface area contributed by atoms with Crippen molar-refractivity contribution in [2.75, 3.05) is 29.6 Å². The van der Waals surface area contributed by atoms with Gasteiger partial charge in [-0.25, -0.2) is 0 Å². The number of hydrogen-bond donors (Lipinski definition) is 0. The van der Waals surface area contributed by atoms with Crippen LogP contribution in [0.2, 0.25) is 0 Å².